The number of benzene rings is 2. The predicted molar refractivity (Wildman–Crippen MR) is 90.0 cm³/mol. The summed E-state index contributed by atoms with van der Waals surface area (Å²) >= 11 is 0. The number of hydrogen-bond acceptors (Lipinski definition) is 3. The van der Waals surface area contributed by atoms with Gasteiger partial charge in [-0.3, -0.25) is 4.79 Å². The Labute approximate surface area is 137 Å². The van der Waals surface area contributed by atoms with E-state index >= 15 is 0 Å². The summed E-state index contributed by atoms with van der Waals surface area (Å²) in [6.07, 6.45) is 0. The summed E-state index contributed by atoms with van der Waals surface area (Å²) in [4.78, 5) is 24.0. The van der Waals surface area contributed by atoms with Gasteiger partial charge < -0.3 is 4.90 Å². The van der Waals surface area contributed by atoms with E-state index in [0.717, 1.165) is 11.1 Å². The van der Waals surface area contributed by atoms with Crippen LogP contribution in [0, 0.1) is 13.8 Å². The van der Waals surface area contributed by atoms with E-state index < -0.39 is 0 Å². The molecule has 0 heterocycles. The van der Waals surface area contributed by atoms with Gasteiger partial charge in [0.1, 0.15) is 13.2 Å². The van der Waals surface area contributed by atoms with Gasteiger partial charge in [-0.05, 0) is 48.2 Å². The highest BCUT2D eigenvalue weighted by Gasteiger charge is 2.07. The van der Waals surface area contributed by atoms with Crippen molar-refractivity contribution >= 4 is 5.91 Å². The van der Waals surface area contributed by atoms with Crippen LogP contribution in [0.3, 0.4) is 0 Å². The third-order valence-corrected chi connectivity index (χ3v) is 3.76. The monoisotopic (exact) mass is 313 g/mol. The topological polar surface area (TPSA) is 38.8 Å². The van der Waals surface area contributed by atoms with E-state index in [0.29, 0.717) is 18.8 Å². The maximum atomic E-state index is 11.8. The van der Waals surface area contributed by atoms with Gasteiger partial charge in [-0.15, -0.1) is 0 Å². The fraction of sp³-hybridized carbons (Fsp3) is 0.316. The molecule has 0 unspecified atom stereocenters. The van der Waals surface area contributed by atoms with Crippen molar-refractivity contribution in [2.24, 2.45) is 0 Å². The summed E-state index contributed by atoms with van der Waals surface area (Å²) in [7, 11) is 3.47. The second kappa shape index (κ2) is 7.90. The zero-order chi connectivity index (χ0) is 16.8. The molecule has 0 spiro atoms. The van der Waals surface area contributed by atoms with E-state index in [1.165, 1.54) is 11.1 Å². The SMILES string of the molecule is Cc1cccc(C)c1COOCc1ccc(C(=O)N(C)C)cc1. The van der Waals surface area contributed by atoms with Gasteiger partial charge in [0.25, 0.3) is 5.91 Å². The van der Waals surface area contributed by atoms with Crippen LogP contribution in [-0.2, 0) is 23.0 Å². The van der Waals surface area contributed by atoms with Crippen LogP contribution < -0.4 is 0 Å². The third-order valence-electron chi connectivity index (χ3n) is 3.76. The maximum absolute atomic E-state index is 11.8. The van der Waals surface area contributed by atoms with Crippen molar-refractivity contribution in [1.29, 1.82) is 0 Å². The number of carbonyl (C=O) groups excluding carboxylic acids is 1. The number of aryl methyl sites for hydroxylation is 2. The van der Waals surface area contributed by atoms with E-state index in [9.17, 15) is 4.79 Å². The molecule has 0 fully saturated rings. The summed E-state index contributed by atoms with van der Waals surface area (Å²) in [6.45, 7) is 4.90. The van der Waals surface area contributed by atoms with Gasteiger partial charge in [-0.1, -0.05) is 30.3 Å². The van der Waals surface area contributed by atoms with Crippen LogP contribution in [0.4, 0.5) is 0 Å². The number of hydrogen-bond donors (Lipinski definition) is 0. The molecule has 0 N–H and O–H groups in total. The van der Waals surface area contributed by atoms with Crippen molar-refractivity contribution in [2.45, 2.75) is 27.1 Å². The predicted octanol–water partition coefficient (Wildman–Crippen LogP) is 3.65. The average molecular weight is 313 g/mol. The highest BCUT2D eigenvalue weighted by Crippen LogP contribution is 2.15. The molecule has 2 rings (SSSR count). The Hall–Kier alpha value is -2.17. The third kappa shape index (κ3) is 4.65. The lowest BCUT2D eigenvalue weighted by molar-refractivity contribution is -0.313. The van der Waals surface area contributed by atoms with Gasteiger partial charge in [0.15, 0.2) is 0 Å². The van der Waals surface area contributed by atoms with Crippen LogP contribution in [-0.4, -0.2) is 24.9 Å². The van der Waals surface area contributed by atoms with Crippen molar-refractivity contribution in [3.8, 4) is 0 Å². The first-order chi connectivity index (χ1) is 11.0. The molecule has 122 valence electrons. The maximum Gasteiger partial charge on any atom is 0.253 e. The lowest BCUT2D eigenvalue weighted by atomic mass is 10.0. The van der Waals surface area contributed by atoms with E-state index in [1.807, 2.05) is 18.2 Å². The number of nitrogens with zero attached hydrogens (tertiary/aromatic N) is 1. The highest BCUT2D eigenvalue weighted by molar-refractivity contribution is 5.93. The largest absolute Gasteiger partial charge is 0.345 e. The van der Waals surface area contributed by atoms with E-state index in [1.54, 1.807) is 31.1 Å². The smallest absolute Gasteiger partial charge is 0.253 e. The molecular weight excluding hydrogens is 290 g/mol. The molecule has 0 atom stereocenters. The normalized spacial score (nSPS) is 10.6. The van der Waals surface area contributed by atoms with Gasteiger partial charge in [-0.25, -0.2) is 9.78 Å². The molecule has 0 aliphatic heterocycles. The molecule has 0 saturated carbocycles. The average Bonchev–Trinajstić information content (AvgIpc) is 2.53. The highest BCUT2D eigenvalue weighted by atomic mass is 17.2. The quantitative estimate of drug-likeness (QED) is 0.464. The summed E-state index contributed by atoms with van der Waals surface area (Å²) in [5.41, 5.74) is 5.16. The second-order valence-electron chi connectivity index (χ2n) is 5.79. The van der Waals surface area contributed by atoms with E-state index in [2.05, 4.69) is 26.0 Å². The van der Waals surface area contributed by atoms with E-state index in [4.69, 9.17) is 9.78 Å². The van der Waals surface area contributed by atoms with Crippen LogP contribution in [0.1, 0.15) is 32.6 Å². The van der Waals surface area contributed by atoms with Crippen molar-refractivity contribution in [3.63, 3.8) is 0 Å². The van der Waals surface area contributed by atoms with Crippen molar-refractivity contribution in [1.82, 2.24) is 4.90 Å². The molecular formula is C19H23NO3. The molecule has 2 aromatic carbocycles. The molecule has 23 heavy (non-hydrogen) atoms. The zero-order valence-electron chi connectivity index (χ0n) is 14.1. The van der Waals surface area contributed by atoms with Gasteiger partial charge in [0.2, 0.25) is 0 Å². The first kappa shape index (κ1) is 17.2. The minimum absolute atomic E-state index is 0.0104. The summed E-state index contributed by atoms with van der Waals surface area (Å²) in [6, 6.07) is 13.5. The molecule has 0 saturated heterocycles. The van der Waals surface area contributed by atoms with Crippen LogP contribution in [0.2, 0.25) is 0 Å². The first-order valence-corrected chi connectivity index (χ1v) is 7.59. The summed E-state index contributed by atoms with van der Waals surface area (Å²) in [5.74, 6) is -0.0104. The minimum atomic E-state index is -0.0104. The summed E-state index contributed by atoms with van der Waals surface area (Å²) < 4.78 is 0. The zero-order valence-corrected chi connectivity index (χ0v) is 14.1. The molecule has 0 aromatic heterocycles. The molecule has 2 aromatic rings. The van der Waals surface area contributed by atoms with Gasteiger partial charge >= 0.3 is 0 Å². The van der Waals surface area contributed by atoms with Crippen LogP contribution in [0.5, 0.6) is 0 Å². The van der Waals surface area contributed by atoms with Crippen LogP contribution in [0.25, 0.3) is 0 Å². The lowest BCUT2D eigenvalue weighted by Crippen LogP contribution is -2.21. The number of amides is 1. The van der Waals surface area contributed by atoms with Crippen molar-refractivity contribution < 1.29 is 14.6 Å². The van der Waals surface area contributed by atoms with E-state index in [-0.39, 0.29) is 5.91 Å². The Morgan fingerprint density at radius 3 is 2.04 bits per heavy atom. The Balaban J connectivity index is 1.84. The first-order valence-electron chi connectivity index (χ1n) is 7.59. The Kier molecular flexibility index (Phi) is 5.90. The summed E-state index contributed by atoms with van der Waals surface area (Å²) in [5, 5.41) is 0. The molecule has 0 aliphatic rings. The Morgan fingerprint density at radius 1 is 0.913 bits per heavy atom. The molecule has 0 aliphatic carbocycles. The molecule has 1 amide bonds. The van der Waals surface area contributed by atoms with Gasteiger partial charge in [0.05, 0.1) is 0 Å². The van der Waals surface area contributed by atoms with Crippen molar-refractivity contribution in [2.75, 3.05) is 14.1 Å². The van der Waals surface area contributed by atoms with Crippen molar-refractivity contribution in [3.05, 3.63) is 70.3 Å². The fourth-order valence-electron chi connectivity index (χ4n) is 2.29. The Bertz CT molecular complexity index is 643. The number of rotatable bonds is 6. The van der Waals surface area contributed by atoms with Crippen LogP contribution in [0.15, 0.2) is 42.5 Å². The fourth-order valence-corrected chi connectivity index (χ4v) is 2.29. The molecule has 0 bridgehead atoms. The molecule has 0 radical (unpaired) electrons. The van der Waals surface area contributed by atoms with Gasteiger partial charge in [-0.2, -0.15) is 0 Å². The molecule has 4 heteroatoms. The Morgan fingerprint density at radius 2 is 1.48 bits per heavy atom. The van der Waals surface area contributed by atoms with Crippen LogP contribution >= 0.6 is 0 Å². The second-order valence-corrected chi connectivity index (χ2v) is 5.79. The lowest BCUT2D eigenvalue weighted by Gasteiger charge is -2.11. The minimum Gasteiger partial charge on any atom is -0.345 e. The number of carbonyl (C=O) groups is 1. The van der Waals surface area contributed by atoms with Gasteiger partial charge in [0, 0.05) is 19.7 Å². The standard InChI is InChI=1S/C19H23NO3/c1-14-6-5-7-15(2)18(14)13-23-22-12-16-8-10-17(11-9-16)19(21)20(3)4/h5-11H,12-13H2,1-4H3. The molecule has 4 nitrogen and oxygen atoms in total.